The van der Waals surface area contributed by atoms with Crippen molar-refractivity contribution in [1.82, 2.24) is 15.0 Å². The molecule has 2 aromatic carbocycles. The smallest absolute Gasteiger partial charge is 0.225 e. The minimum Gasteiger partial charge on any atom is -0.485 e. The number of rotatable bonds is 5. The molecule has 0 radical (unpaired) electrons. The highest BCUT2D eigenvalue weighted by atomic mass is 16.5. The van der Waals surface area contributed by atoms with Gasteiger partial charge in [-0.1, -0.05) is 48.5 Å². The second kappa shape index (κ2) is 6.74. The van der Waals surface area contributed by atoms with Gasteiger partial charge in [0.25, 0.3) is 0 Å². The Kier molecular flexibility index (Phi) is 4.33. The maximum Gasteiger partial charge on any atom is 0.225 e. The maximum absolute atomic E-state index is 5.84. The molecule has 1 heterocycles. The van der Waals surface area contributed by atoms with E-state index in [2.05, 4.69) is 27.1 Å². The maximum atomic E-state index is 5.84. The van der Waals surface area contributed by atoms with Gasteiger partial charge < -0.3 is 16.2 Å². The summed E-state index contributed by atoms with van der Waals surface area (Å²) in [6.45, 7) is 0.183. The van der Waals surface area contributed by atoms with Gasteiger partial charge in [-0.2, -0.15) is 15.0 Å². The van der Waals surface area contributed by atoms with Gasteiger partial charge in [-0.3, -0.25) is 0 Å². The number of ether oxygens (including phenoxy) is 1. The number of para-hydroxylation sites is 1. The van der Waals surface area contributed by atoms with Crippen molar-refractivity contribution in [3.8, 4) is 5.75 Å². The van der Waals surface area contributed by atoms with Crippen LogP contribution in [0.25, 0.3) is 0 Å². The molecule has 0 amide bonds. The molecule has 0 unspecified atom stereocenters. The van der Waals surface area contributed by atoms with Gasteiger partial charge in [0.05, 0.1) is 0 Å². The Labute approximate surface area is 134 Å². The third-order valence-corrected chi connectivity index (χ3v) is 3.28. The summed E-state index contributed by atoms with van der Waals surface area (Å²) in [4.78, 5) is 11.8. The van der Waals surface area contributed by atoms with Crippen LogP contribution in [-0.2, 0) is 13.0 Å². The lowest BCUT2D eigenvalue weighted by molar-refractivity contribution is 0.293. The van der Waals surface area contributed by atoms with Crippen LogP contribution < -0.4 is 16.2 Å². The molecule has 0 saturated heterocycles. The summed E-state index contributed by atoms with van der Waals surface area (Å²) in [7, 11) is 0. The number of hydrogen-bond acceptors (Lipinski definition) is 6. The number of nitrogens with zero attached hydrogens (tertiary/aromatic N) is 3. The van der Waals surface area contributed by atoms with E-state index in [-0.39, 0.29) is 18.5 Å². The molecule has 3 rings (SSSR count). The molecule has 1 aromatic heterocycles. The predicted molar refractivity (Wildman–Crippen MR) is 88.7 cm³/mol. The quantitative estimate of drug-likeness (QED) is 0.749. The summed E-state index contributed by atoms with van der Waals surface area (Å²) in [6.07, 6.45) is 0.790. The molecule has 0 aliphatic rings. The van der Waals surface area contributed by atoms with Crippen LogP contribution in [0.15, 0.2) is 54.6 Å². The molecule has 0 spiro atoms. The van der Waals surface area contributed by atoms with Gasteiger partial charge in [-0.15, -0.1) is 0 Å². The monoisotopic (exact) mass is 307 g/mol. The first kappa shape index (κ1) is 14.8. The van der Waals surface area contributed by atoms with Gasteiger partial charge in [-0.05, 0) is 17.2 Å². The van der Waals surface area contributed by atoms with Crippen LogP contribution in [0.5, 0.6) is 5.75 Å². The van der Waals surface area contributed by atoms with E-state index < -0.39 is 0 Å². The molecule has 6 nitrogen and oxygen atoms in total. The van der Waals surface area contributed by atoms with Crippen molar-refractivity contribution in [2.24, 2.45) is 0 Å². The molecule has 4 N–H and O–H groups in total. The molecule has 0 atom stereocenters. The van der Waals surface area contributed by atoms with E-state index in [0.29, 0.717) is 5.82 Å². The van der Waals surface area contributed by atoms with Crippen LogP contribution >= 0.6 is 0 Å². The van der Waals surface area contributed by atoms with Crippen molar-refractivity contribution >= 4 is 11.9 Å². The summed E-state index contributed by atoms with van der Waals surface area (Å²) < 4.78 is 5.84. The van der Waals surface area contributed by atoms with Gasteiger partial charge in [0.2, 0.25) is 11.9 Å². The van der Waals surface area contributed by atoms with E-state index in [0.717, 1.165) is 17.7 Å². The number of aromatic nitrogens is 3. The highest BCUT2D eigenvalue weighted by molar-refractivity contribution is 5.37. The fraction of sp³-hybridized carbons (Fsp3) is 0.118. The lowest BCUT2D eigenvalue weighted by atomic mass is 10.0. The first-order valence-electron chi connectivity index (χ1n) is 7.21. The average Bonchev–Trinajstić information content (AvgIpc) is 2.54. The Bertz CT molecular complexity index is 772. The second-order valence-electron chi connectivity index (χ2n) is 5.03. The Morgan fingerprint density at radius 1 is 0.783 bits per heavy atom. The van der Waals surface area contributed by atoms with Gasteiger partial charge >= 0.3 is 0 Å². The summed E-state index contributed by atoms with van der Waals surface area (Å²) in [5.74, 6) is 1.38. The standard InChI is InChI=1S/C17H17N5O/c18-16-20-15(21-17(19)22-16)11-23-14-9-5-4-8-13(14)10-12-6-2-1-3-7-12/h1-9H,10-11H2,(H4,18,19,20,21,22). The van der Waals surface area contributed by atoms with Gasteiger partial charge in [-0.25, -0.2) is 0 Å². The zero-order chi connectivity index (χ0) is 16.1. The zero-order valence-corrected chi connectivity index (χ0v) is 12.5. The number of benzene rings is 2. The molecule has 116 valence electrons. The number of hydrogen-bond donors (Lipinski definition) is 2. The van der Waals surface area contributed by atoms with Crippen molar-refractivity contribution in [2.45, 2.75) is 13.0 Å². The molecule has 23 heavy (non-hydrogen) atoms. The van der Waals surface area contributed by atoms with Gasteiger partial charge in [0.15, 0.2) is 5.82 Å². The van der Waals surface area contributed by atoms with Crippen LogP contribution in [0, 0.1) is 0 Å². The summed E-state index contributed by atoms with van der Waals surface area (Å²) >= 11 is 0. The average molecular weight is 307 g/mol. The second-order valence-corrected chi connectivity index (χ2v) is 5.03. The summed E-state index contributed by atoms with van der Waals surface area (Å²) in [5, 5.41) is 0. The number of nitrogens with two attached hydrogens (primary N) is 2. The largest absolute Gasteiger partial charge is 0.485 e. The normalized spacial score (nSPS) is 10.4. The van der Waals surface area contributed by atoms with E-state index in [4.69, 9.17) is 16.2 Å². The molecule has 6 heteroatoms. The Balaban J connectivity index is 1.75. The first-order chi connectivity index (χ1) is 11.2. The molecular formula is C17H17N5O. The minimum absolute atomic E-state index is 0.0914. The Morgan fingerprint density at radius 3 is 2.17 bits per heavy atom. The molecule has 0 aliphatic carbocycles. The molecule has 0 aliphatic heterocycles. The highest BCUT2D eigenvalue weighted by Gasteiger charge is 2.07. The predicted octanol–water partition coefficient (Wildman–Crippen LogP) is 2.21. The van der Waals surface area contributed by atoms with Crippen LogP contribution in [-0.4, -0.2) is 15.0 Å². The lowest BCUT2D eigenvalue weighted by Gasteiger charge is -2.11. The third-order valence-electron chi connectivity index (χ3n) is 3.28. The van der Waals surface area contributed by atoms with E-state index in [1.54, 1.807) is 0 Å². The van der Waals surface area contributed by atoms with Crippen molar-refractivity contribution in [1.29, 1.82) is 0 Å². The van der Waals surface area contributed by atoms with E-state index in [1.165, 1.54) is 5.56 Å². The molecule has 0 saturated carbocycles. The summed E-state index contributed by atoms with van der Waals surface area (Å²) in [6, 6.07) is 18.1. The first-order valence-corrected chi connectivity index (χ1v) is 7.21. The lowest BCUT2D eigenvalue weighted by Crippen LogP contribution is -2.09. The van der Waals surface area contributed by atoms with Crippen LogP contribution in [0.2, 0.25) is 0 Å². The molecular weight excluding hydrogens is 290 g/mol. The van der Waals surface area contributed by atoms with E-state index >= 15 is 0 Å². The Hall–Kier alpha value is -3.15. The van der Waals surface area contributed by atoms with E-state index in [9.17, 15) is 0 Å². The van der Waals surface area contributed by atoms with Crippen molar-refractivity contribution in [2.75, 3.05) is 11.5 Å². The summed E-state index contributed by atoms with van der Waals surface area (Å²) in [5.41, 5.74) is 13.4. The van der Waals surface area contributed by atoms with Crippen molar-refractivity contribution < 1.29 is 4.74 Å². The van der Waals surface area contributed by atoms with Gasteiger partial charge in [0.1, 0.15) is 12.4 Å². The van der Waals surface area contributed by atoms with E-state index in [1.807, 2.05) is 42.5 Å². The molecule has 0 fully saturated rings. The van der Waals surface area contributed by atoms with Gasteiger partial charge in [0, 0.05) is 6.42 Å². The SMILES string of the molecule is Nc1nc(N)nc(COc2ccccc2Cc2ccccc2)n1. The number of nitrogen functional groups attached to an aromatic ring is 2. The third kappa shape index (κ3) is 3.94. The highest BCUT2D eigenvalue weighted by Crippen LogP contribution is 2.22. The molecule has 3 aromatic rings. The van der Waals surface area contributed by atoms with Crippen molar-refractivity contribution in [3.63, 3.8) is 0 Å². The fourth-order valence-electron chi connectivity index (χ4n) is 2.27. The zero-order valence-electron chi connectivity index (χ0n) is 12.5. The van der Waals surface area contributed by atoms with Crippen molar-refractivity contribution in [3.05, 3.63) is 71.5 Å². The fourth-order valence-corrected chi connectivity index (χ4v) is 2.27. The number of anilines is 2. The topological polar surface area (TPSA) is 99.9 Å². The molecule has 0 bridgehead atoms. The van der Waals surface area contributed by atoms with Crippen LogP contribution in [0.3, 0.4) is 0 Å². The minimum atomic E-state index is 0.0914. The Morgan fingerprint density at radius 2 is 1.43 bits per heavy atom. The van der Waals surface area contributed by atoms with Crippen LogP contribution in [0.4, 0.5) is 11.9 Å². The van der Waals surface area contributed by atoms with Crippen LogP contribution in [0.1, 0.15) is 17.0 Å².